The van der Waals surface area contributed by atoms with E-state index in [4.69, 9.17) is 9.78 Å². The molecule has 0 aliphatic carbocycles. The molecule has 1 rings (SSSR count). The van der Waals surface area contributed by atoms with Crippen molar-refractivity contribution >= 4 is 11.7 Å². The molecule has 0 bridgehead atoms. The lowest BCUT2D eigenvalue weighted by Crippen LogP contribution is -2.25. The molecule has 1 unspecified atom stereocenters. The van der Waals surface area contributed by atoms with Gasteiger partial charge in [-0.1, -0.05) is 31.9 Å². The zero-order valence-corrected chi connectivity index (χ0v) is 13.6. The number of hydrogen-bond acceptors (Lipinski definition) is 4. The Balaban J connectivity index is 2.70. The van der Waals surface area contributed by atoms with Gasteiger partial charge in [-0.25, -0.2) is 4.79 Å². The quantitative estimate of drug-likeness (QED) is 0.505. The molecule has 0 N–H and O–H groups in total. The molecule has 4 nitrogen and oxygen atoms in total. The van der Waals surface area contributed by atoms with Crippen molar-refractivity contribution in [1.29, 1.82) is 0 Å². The highest BCUT2D eigenvalue weighted by molar-refractivity contribution is 5.95. The summed E-state index contributed by atoms with van der Waals surface area (Å²) in [7, 11) is 0. The van der Waals surface area contributed by atoms with Gasteiger partial charge in [0.2, 0.25) is 0 Å². The van der Waals surface area contributed by atoms with E-state index in [9.17, 15) is 4.79 Å². The van der Waals surface area contributed by atoms with Gasteiger partial charge in [-0.15, -0.1) is 0 Å². The second-order valence-electron chi connectivity index (χ2n) is 5.11. The van der Waals surface area contributed by atoms with Crippen molar-refractivity contribution in [1.82, 2.24) is 0 Å². The van der Waals surface area contributed by atoms with Crippen molar-refractivity contribution < 1.29 is 14.6 Å². The number of carbonyl (C=O) groups is 1. The molecule has 0 heterocycles. The first-order valence-electron chi connectivity index (χ1n) is 7.85. The minimum atomic E-state index is -0.430. The molecule has 1 atom stereocenters. The summed E-state index contributed by atoms with van der Waals surface area (Å²) in [6.45, 7) is 9.85. The van der Waals surface area contributed by atoms with E-state index in [0.717, 1.165) is 38.0 Å². The highest BCUT2D eigenvalue weighted by Crippen LogP contribution is 2.21. The second-order valence-corrected chi connectivity index (χ2v) is 5.11. The van der Waals surface area contributed by atoms with Crippen molar-refractivity contribution in [2.24, 2.45) is 0 Å². The minimum Gasteiger partial charge on any atom is -0.371 e. The molecule has 0 aliphatic heterocycles. The molecule has 0 aliphatic rings. The Labute approximate surface area is 128 Å². The predicted molar refractivity (Wildman–Crippen MR) is 85.5 cm³/mol. The van der Waals surface area contributed by atoms with E-state index in [-0.39, 0.29) is 6.10 Å². The fourth-order valence-corrected chi connectivity index (χ4v) is 2.20. The van der Waals surface area contributed by atoms with Crippen LogP contribution < -0.4 is 4.90 Å². The summed E-state index contributed by atoms with van der Waals surface area (Å²) >= 11 is 0. The van der Waals surface area contributed by atoms with Crippen LogP contribution in [0.15, 0.2) is 24.3 Å². The molecule has 0 fully saturated rings. The Bertz CT molecular complexity index is 430. The number of carbonyl (C=O) groups excluding carboxylic acids is 1. The predicted octanol–water partition coefficient (Wildman–Crippen LogP) is 4.20. The topological polar surface area (TPSA) is 38.8 Å². The Hall–Kier alpha value is -1.55. The lowest BCUT2D eigenvalue weighted by molar-refractivity contribution is -0.271. The Morgan fingerprint density at radius 1 is 1.19 bits per heavy atom. The van der Waals surface area contributed by atoms with Gasteiger partial charge in [-0.3, -0.25) is 4.89 Å². The number of anilines is 1. The summed E-state index contributed by atoms with van der Waals surface area (Å²) in [4.78, 5) is 24.5. The lowest BCUT2D eigenvalue weighted by Gasteiger charge is -2.23. The zero-order valence-electron chi connectivity index (χ0n) is 13.6. The number of nitrogens with zero attached hydrogens (tertiary/aromatic N) is 1. The minimum absolute atomic E-state index is 0.0745. The third-order valence-corrected chi connectivity index (χ3v) is 3.48. The first-order valence-corrected chi connectivity index (χ1v) is 7.85. The van der Waals surface area contributed by atoms with Crippen molar-refractivity contribution in [3.8, 4) is 0 Å². The molecular formula is C17H27NO3. The van der Waals surface area contributed by atoms with Crippen molar-refractivity contribution in [2.75, 3.05) is 18.0 Å². The maximum Gasteiger partial charge on any atom is 0.375 e. The van der Waals surface area contributed by atoms with E-state index in [1.54, 1.807) is 6.07 Å². The first-order chi connectivity index (χ1) is 10.1. The van der Waals surface area contributed by atoms with E-state index in [0.29, 0.717) is 5.56 Å². The van der Waals surface area contributed by atoms with Crippen LogP contribution in [0, 0.1) is 0 Å². The maximum absolute atomic E-state index is 12.2. The van der Waals surface area contributed by atoms with Crippen LogP contribution >= 0.6 is 0 Å². The van der Waals surface area contributed by atoms with E-state index >= 15 is 0 Å². The van der Waals surface area contributed by atoms with Crippen LogP contribution in [0.25, 0.3) is 0 Å². The van der Waals surface area contributed by atoms with Crippen LogP contribution in [0.5, 0.6) is 0 Å². The fraction of sp³-hybridized carbons (Fsp3) is 0.588. The van der Waals surface area contributed by atoms with Crippen LogP contribution in [0.4, 0.5) is 5.69 Å². The average molecular weight is 293 g/mol. The summed E-state index contributed by atoms with van der Waals surface area (Å²) in [5.74, 6) is -0.430. The molecule has 0 spiro atoms. The fourth-order valence-electron chi connectivity index (χ4n) is 2.20. The van der Waals surface area contributed by atoms with Crippen LogP contribution in [-0.4, -0.2) is 25.2 Å². The SMILES string of the molecule is CCCCC(C)OOC(=O)c1ccccc1N(CC)CC. The molecule has 0 saturated carbocycles. The smallest absolute Gasteiger partial charge is 0.371 e. The molecule has 118 valence electrons. The molecule has 21 heavy (non-hydrogen) atoms. The highest BCUT2D eigenvalue weighted by Gasteiger charge is 2.17. The van der Waals surface area contributed by atoms with Gasteiger partial charge in [0.1, 0.15) is 6.10 Å². The van der Waals surface area contributed by atoms with Crippen LogP contribution in [0.1, 0.15) is 57.3 Å². The molecule has 0 radical (unpaired) electrons. The van der Waals surface area contributed by atoms with Crippen LogP contribution in [-0.2, 0) is 9.78 Å². The number of hydrogen-bond donors (Lipinski definition) is 0. The zero-order chi connectivity index (χ0) is 15.7. The standard InChI is InChI=1S/C17H27NO3/c1-5-8-11-14(4)20-21-17(19)15-12-9-10-13-16(15)18(6-2)7-3/h9-10,12-14H,5-8,11H2,1-4H3. The van der Waals surface area contributed by atoms with Crippen molar-refractivity contribution in [3.63, 3.8) is 0 Å². The van der Waals surface area contributed by atoms with Crippen molar-refractivity contribution in [2.45, 2.75) is 53.1 Å². The second kappa shape index (κ2) is 9.40. The lowest BCUT2D eigenvalue weighted by atomic mass is 10.1. The van der Waals surface area contributed by atoms with Crippen molar-refractivity contribution in [3.05, 3.63) is 29.8 Å². The number of para-hydroxylation sites is 1. The van der Waals surface area contributed by atoms with Gasteiger partial charge in [0.15, 0.2) is 0 Å². The van der Waals surface area contributed by atoms with E-state index in [2.05, 4.69) is 25.7 Å². The Morgan fingerprint density at radius 2 is 1.86 bits per heavy atom. The van der Waals surface area contributed by atoms with Gasteiger partial charge in [0.25, 0.3) is 0 Å². The average Bonchev–Trinajstić information content (AvgIpc) is 2.52. The van der Waals surface area contributed by atoms with Crippen LogP contribution in [0.2, 0.25) is 0 Å². The monoisotopic (exact) mass is 293 g/mol. The first kappa shape index (κ1) is 17.5. The maximum atomic E-state index is 12.2. The molecule has 1 aromatic rings. The largest absolute Gasteiger partial charge is 0.375 e. The van der Waals surface area contributed by atoms with E-state index < -0.39 is 5.97 Å². The molecular weight excluding hydrogens is 266 g/mol. The van der Waals surface area contributed by atoms with Gasteiger partial charge in [-0.05, 0) is 39.3 Å². The third kappa shape index (κ3) is 5.38. The highest BCUT2D eigenvalue weighted by atomic mass is 17.2. The molecule has 0 amide bonds. The van der Waals surface area contributed by atoms with Gasteiger partial charge >= 0.3 is 5.97 Å². The van der Waals surface area contributed by atoms with E-state index in [1.807, 2.05) is 25.1 Å². The summed E-state index contributed by atoms with van der Waals surface area (Å²) in [6, 6.07) is 7.47. The van der Waals surface area contributed by atoms with Gasteiger partial charge in [-0.2, -0.15) is 4.89 Å². The number of benzene rings is 1. The molecule has 4 heteroatoms. The molecule has 0 aromatic heterocycles. The summed E-state index contributed by atoms with van der Waals surface area (Å²) < 4.78 is 0. The Kier molecular flexibility index (Phi) is 7.83. The van der Waals surface area contributed by atoms with Gasteiger partial charge < -0.3 is 4.90 Å². The van der Waals surface area contributed by atoms with Crippen LogP contribution in [0.3, 0.4) is 0 Å². The molecule has 0 saturated heterocycles. The van der Waals surface area contributed by atoms with Gasteiger partial charge in [0.05, 0.1) is 11.3 Å². The number of unbranched alkanes of at least 4 members (excludes halogenated alkanes) is 1. The normalized spacial score (nSPS) is 12.0. The molecule has 1 aromatic carbocycles. The van der Waals surface area contributed by atoms with E-state index in [1.165, 1.54) is 0 Å². The number of rotatable bonds is 9. The summed E-state index contributed by atoms with van der Waals surface area (Å²) in [5, 5.41) is 0. The summed E-state index contributed by atoms with van der Waals surface area (Å²) in [5.41, 5.74) is 1.43. The summed E-state index contributed by atoms with van der Waals surface area (Å²) in [6.07, 6.45) is 2.98. The third-order valence-electron chi connectivity index (χ3n) is 3.48. The Morgan fingerprint density at radius 3 is 2.48 bits per heavy atom. The van der Waals surface area contributed by atoms with Gasteiger partial charge in [0, 0.05) is 13.1 Å².